The van der Waals surface area contributed by atoms with Gasteiger partial charge in [-0.05, 0) is 19.8 Å². The first-order valence-corrected chi connectivity index (χ1v) is 5.89. The quantitative estimate of drug-likeness (QED) is 0.452. The number of nitro groups is 1. The van der Waals surface area contributed by atoms with Gasteiger partial charge in [0.1, 0.15) is 0 Å². The Morgan fingerprint density at radius 3 is 2.79 bits per heavy atom. The topological polar surface area (TPSA) is 84.6 Å². The lowest BCUT2D eigenvalue weighted by Gasteiger charge is -2.10. The third kappa shape index (κ3) is 4.36. The second kappa shape index (κ2) is 6.89. The number of aliphatic hydroxyl groups excluding tert-OH is 1. The number of rotatable bonds is 7. The van der Waals surface area contributed by atoms with Crippen LogP contribution >= 0.6 is 0 Å². The Bertz CT molecular complexity index is 452. The van der Waals surface area contributed by atoms with Crippen LogP contribution in [0, 0.1) is 15.9 Å². The molecule has 0 fully saturated rings. The van der Waals surface area contributed by atoms with Gasteiger partial charge >= 0.3 is 5.69 Å². The molecule has 0 aliphatic carbocycles. The first-order valence-electron chi connectivity index (χ1n) is 5.89. The van der Waals surface area contributed by atoms with Crippen molar-refractivity contribution >= 4 is 11.4 Å². The minimum absolute atomic E-state index is 0.00410. The summed E-state index contributed by atoms with van der Waals surface area (Å²) in [6.07, 6.45) is 0.854. The van der Waals surface area contributed by atoms with Gasteiger partial charge in [-0.1, -0.05) is 0 Å². The van der Waals surface area contributed by atoms with Gasteiger partial charge in [0, 0.05) is 12.6 Å². The molecule has 19 heavy (non-hydrogen) atoms. The molecule has 0 aromatic heterocycles. The van der Waals surface area contributed by atoms with Gasteiger partial charge < -0.3 is 15.2 Å². The largest absolute Gasteiger partial charge is 0.490 e. The molecule has 1 rings (SSSR count). The maximum Gasteiger partial charge on any atom is 0.313 e. The first-order chi connectivity index (χ1) is 8.95. The minimum atomic E-state index is -0.704. The maximum absolute atomic E-state index is 13.6. The summed E-state index contributed by atoms with van der Waals surface area (Å²) in [6, 6.07) is 2.09. The molecular weight excluding hydrogens is 255 g/mol. The normalized spacial score (nSPS) is 12.0. The van der Waals surface area contributed by atoms with E-state index in [0.717, 1.165) is 6.07 Å². The zero-order chi connectivity index (χ0) is 14.4. The molecule has 0 aliphatic heterocycles. The molecule has 1 aromatic rings. The van der Waals surface area contributed by atoms with Crippen LogP contribution in [0.15, 0.2) is 12.1 Å². The van der Waals surface area contributed by atoms with E-state index in [1.165, 1.54) is 13.2 Å². The van der Waals surface area contributed by atoms with E-state index in [2.05, 4.69) is 5.32 Å². The van der Waals surface area contributed by atoms with E-state index in [1.807, 2.05) is 0 Å². The van der Waals surface area contributed by atoms with E-state index in [1.54, 1.807) is 6.92 Å². The summed E-state index contributed by atoms with van der Waals surface area (Å²) in [5.41, 5.74) is -0.262. The fourth-order valence-electron chi connectivity index (χ4n) is 1.61. The van der Waals surface area contributed by atoms with Crippen molar-refractivity contribution in [3.05, 3.63) is 28.1 Å². The molecule has 0 radical (unpaired) electrons. The summed E-state index contributed by atoms with van der Waals surface area (Å²) in [7, 11) is 1.29. The number of hydrogen-bond donors (Lipinski definition) is 2. The van der Waals surface area contributed by atoms with Gasteiger partial charge in [-0.2, -0.15) is 0 Å². The van der Waals surface area contributed by atoms with Crippen LogP contribution in [0.2, 0.25) is 0 Å². The summed E-state index contributed by atoms with van der Waals surface area (Å²) in [6.45, 7) is 2.14. The van der Waals surface area contributed by atoms with Gasteiger partial charge in [0.2, 0.25) is 0 Å². The lowest BCUT2D eigenvalue weighted by atomic mass is 10.2. The average Bonchev–Trinajstić information content (AvgIpc) is 2.35. The predicted molar refractivity (Wildman–Crippen MR) is 69.0 cm³/mol. The van der Waals surface area contributed by atoms with Gasteiger partial charge in [-0.15, -0.1) is 0 Å². The van der Waals surface area contributed by atoms with Crippen LogP contribution in [0.25, 0.3) is 0 Å². The van der Waals surface area contributed by atoms with E-state index in [4.69, 9.17) is 9.84 Å². The number of nitrogens with one attached hydrogen (secondary N) is 1. The minimum Gasteiger partial charge on any atom is -0.490 e. The summed E-state index contributed by atoms with van der Waals surface area (Å²) < 4.78 is 18.5. The van der Waals surface area contributed by atoms with Crippen molar-refractivity contribution in [2.24, 2.45) is 0 Å². The summed E-state index contributed by atoms with van der Waals surface area (Å²) >= 11 is 0. The predicted octanol–water partition coefficient (Wildman–Crippen LogP) is 2.32. The molecule has 1 aromatic carbocycles. The van der Waals surface area contributed by atoms with Crippen molar-refractivity contribution in [3.63, 3.8) is 0 Å². The summed E-state index contributed by atoms with van der Waals surface area (Å²) in [4.78, 5) is 9.99. The van der Waals surface area contributed by atoms with E-state index >= 15 is 0 Å². The van der Waals surface area contributed by atoms with E-state index in [0.29, 0.717) is 19.4 Å². The van der Waals surface area contributed by atoms with Crippen LogP contribution in [0.4, 0.5) is 15.8 Å². The highest BCUT2D eigenvalue weighted by atomic mass is 19.1. The number of nitro benzene ring substituents is 1. The van der Waals surface area contributed by atoms with Crippen LogP contribution in [0.3, 0.4) is 0 Å². The Morgan fingerprint density at radius 1 is 1.58 bits per heavy atom. The Morgan fingerprint density at radius 2 is 2.26 bits per heavy atom. The molecule has 0 bridgehead atoms. The Balaban J connectivity index is 2.76. The van der Waals surface area contributed by atoms with Crippen LogP contribution in [-0.2, 0) is 0 Å². The molecular formula is C12H17FN2O4. The van der Waals surface area contributed by atoms with Gasteiger partial charge in [0.05, 0.1) is 29.9 Å². The number of ether oxygens (including phenoxy) is 1. The molecule has 6 nitrogen and oxygen atoms in total. The second-order valence-corrected chi connectivity index (χ2v) is 4.18. The van der Waals surface area contributed by atoms with Gasteiger partial charge in [0.15, 0.2) is 11.6 Å². The number of anilines is 1. The fourth-order valence-corrected chi connectivity index (χ4v) is 1.61. The zero-order valence-corrected chi connectivity index (χ0v) is 10.9. The molecule has 1 atom stereocenters. The van der Waals surface area contributed by atoms with Crippen molar-refractivity contribution in [2.75, 3.05) is 19.0 Å². The van der Waals surface area contributed by atoms with Gasteiger partial charge in [-0.25, -0.2) is 4.39 Å². The molecule has 2 N–H and O–H groups in total. The molecule has 0 amide bonds. The number of benzene rings is 1. The lowest BCUT2D eigenvalue weighted by molar-refractivity contribution is -0.385. The molecule has 0 heterocycles. The number of methoxy groups -OCH3 is 1. The van der Waals surface area contributed by atoms with Crippen LogP contribution in [0.1, 0.15) is 19.8 Å². The molecule has 0 saturated heterocycles. The maximum atomic E-state index is 13.6. The zero-order valence-electron chi connectivity index (χ0n) is 10.9. The third-order valence-electron chi connectivity index (χ3n) is 2.58. The van der Waals surface area contributed by atoms with Gasteiger partial charge in [-0.3, -0.25) is 10.1 Å². The average molecular weight is 272 g/mol. The number of aliphatic hydroxyl groups is 1. The summed E-state index contributed by atoms with van der Waals surface area (Å²) in [5, 5.41) is 22.6. The molecule has 0 spiro atoms. The number of halogens is 1. The lowest BCUT2D eigenvalue weighted by Crippen LogP contribution is -2.08. The molecule has 0 aliphatic rings. The van der Waals surface area contributed by atoms with E-state index in [9.17, 15) is 14.5 Å². The van der Waals surface area contributed by atoms with Crippen molar-refractivity contribution in [1.82, 2.24) is 0 Å². The smallest absolute Gasteiger partial charge is 0.313 e. The van der Waals surface area contributed by atoms with Crippen LogP contribution < -0.4 is 10.1 Å². The van der Waals surface area contributed by atoms with E-state index in [-0.39, 0.29) is 11.4 Å². The second-order valence-electron chi connectivity index (χ2n) is 4.18. The fraction of sp³-hybridized carbons (Fsp3) is 0.500. The SMILES string of the molecule is COc1cc(NCCCC(C)O)c(F)cc1[N+](=O)[O-]. The van der Waals surface area contributed by atoms with Gasteiger partial charge in [0.25, 0.3) is 0 Å². The van der Waals surface area contributed by atoms with Crippen molar-refractivity contribution < 1.29 is 19.2 Å². The third-order valence-corrected chi connectivity index (χ3v) is 2.58. The molecule has 0 saturated carbocycles. The highest BCUT2D eigenvalue weighted by molar-refractivity contribution is 5.59. The van der Waals surface area contributed by atoms with Crippen LogP contribution in [0.5, 0.6) is 5.75 Å². The highest BCUT2D eigenvalue weighted by Crippen LogP contribution is 2.32. The van der Waals surface area contributed by atoms with Crippen molar-refractivity contribution in [3.8, 4) is 5.75 Å². The van der Waals surface area contributed by atoms with Crippen molar-refractivity contribution in [1.29, 1.82) is 0 Å². The first kappa shape index (κ1) is 15.2. The standard InChI is InChI=1S/C12H17FN2O4/c1-8(16)4-3-5-14-10-7-12(19-2)11(15(17)18)6-9(10)13/h6-8,14,16H,3-5H2,1-2H3. The monoisotopic (exact) mass is 272 g/mol. The number of hydrogen-bond acceptors (Lipinski definition) is 5. The molecule has 106 valence electrons. The van der Waals surface area contributed by atoms with Crippen LogP contribution in [-0.4, -0.2) is 29.8 Å². The number of nitrogens with zero attached hydrogens (tertiary/aromatic N) is 1. The van der Waals surface area contributed by atoms with E-state index < -0.39 is 22.5 Å². The molecule has 7 heteroatoms. The molecule has 1 unspecified atom stereocenters. The van der Waals surface area contributed by atoms with Crippen molar-refractivity contribution in [2.45, 2.75) is 25.9 Å². The Labute approximate surface area is 110 Å². The highest BCUT2D eigenvalue weighted by Gasteiger charge is 2.18. The Kier molecular flexibility index (Phi) is 5.50. The Hall–Kier alpha value is -1.89. The summed E-state index contributed by atoms with van der Waals surface area (Å²) in [5.74, 6) is -0.700.